The summed E-state index contributed by atoms with van der Waals surface area (Å²) in [5.74, 6) is 0.488. The van der Waals surface area contributed by atoms with Gasteiger partial charge in [0.05, 0.1) is 17.9 Å². The maximum atomic E-state index is 5.83. The van der Waals surface area contributed by atoms with Crippen LogP contribution in [0.3, 0.4) is 0 Å². The lowest BCUT2D eigenvalue weighted by molar-refractivity contribution is -0.00523. The van der Waals surface area contributed by atoms with E-state index in [-0.39, 0.29) is 12.2 Å². The summed E-state index contributed by atoms with van der Waals surface area (Å²) in [5, 5.41) is 4.80. The zero-order valence-corrected chi connectivity index (χ0v) is 14.4. The molecule has 1 saturated heterocycles. The number of thiazole rings is 1. The van der Waals surface area contributed by atoms with E-state index < -0.39 is 0 Å². The van der Waals surface area contributed by atoms with Gasteiger partial charge in [0, 0.05) is 30.6 Å². The quantitative estimate of drug-likeness (QED) is 0.907. The summed E-state index contributed by atoms with van der Waals surface area (Å²) in [6.07, 6.45) is 3.24. The van der Waals surface area contributed by atoms with E-state index in [0.717, 1.165) is 25.7 Å². The molecule has 1 aliphatic carbocycles. The lowest BCUT2D eigenvalue weighted by Gasteiger charge is -2.35. The largest absolute Gasteiger partial charge is 0.372 e. The van der Waals surface area contributed by atoms with Crippen LogP contribution in [0, 0.1) is 0 Å². The van der Waals surface area contributed by atoms with Crippen molar-refractivity contribution in [2.24, 2.45) is 0 Å². The fourth-order valence-electron chi connectivity index (χ4n) is 2.92. The van der Waals surface area contributed by atoms with E-state index in [0.29, 0.717) is 5.92 Å². The summed E-state index contributed by atoms with van der Waals surface area (Å²) in [7, 11) is 0. The number of morpholine rings is 1. The highest BCUT2D eigenvalue weighted by molar-refractivity contribution is 7.15. The predicted molar refractivity (Wildman–Crippen MR) is 88.3 cm³/mol. The molecule has 0 amide bonds. The van der Waals surface area contributed by atoms with E-state index >= 15 is 0 Å². The maximum Gasteiger partial charge on any atom is 0.186 e. The average molecular weight is 309 g/mol. The van der Waals surface area contributed by atoms with Gasteiger partial charge in [-0.25, -0.2) is 4.98 Å². The molecule has 1 aliphatic heterocycles. The summed E-state index contributed by atoms with van der Waals surface area (Å²) in [5.41, 5.74) is 1.27. The number of rotatable bonds is 5. The SMILES string of the molecule is CC1CN(c2nc(C(C)C)c(CNC3CC3)s2)CC(C)O1. The van der Waals surface area contributed by atoms with E-state index in [1.807, 2.05) is 11.3 Å². The van der Waals surface area contributed by atoms with E-state index in [1.165, 1.54) is 28.5 Å². The Morgan fingerprint density at radius 1 is 1.29 bits per heavy atom. The van der Waals surface area contributed by atoms with Crippen molar-refractivity contribution >= 4 is 16.5 Å². The highest BCUT2D eigenvalue weighted by Gasteiger charge is 2.27. The summed E-state index contributed by atoms with van der Waals surface area (Å²) in [6.45, 7) is 11.7. The third-order valence-electron chi connectivity index (χ3n) is 4.08. The second kappa shape index (κ2) is 6.23. The minimum atomic E-state index is 0.285. The predicted octanol–water partition coefficient (Wildman–Crippen LogP) is 3.13. The molecule has 21 heavy (non-hydrogen) atoms. The van der Waals surface area contributed by atoms with Crippen molar-refractivity contribution in [1.29, 1.82) is 0 Å². The fraction of sp³-hybridized carbons (Fsp3) is 0.812. The van der Waals surface area contributed by atoms with Crippen molar-refractivity contribution in [2.45, 2.75) is 71.2 Å². The molecule has 2 unspecified atom stereocenters. The molecular weight excluding hydrogens is 282 g/mol. The van der Waals surface area contributed by atoms with Crippen molar-refractivity contribution < 1.29 is 4.74 Å². The Kier molecular flexibility index (Phi) is 4.52. The standard InChI is InChI=1S/C16H27N3OS/c1-10(2)15-14(7-17-13-5-6-13)21-16(18-15)19-8-11(3)20-12(4)9-19/h10-13,17H,5-9H2,1-4H3. The van der Waals surface area contributed by atoms with Gasteiger partial charge in [-0.1, -0.05) is 13.8 Å². The van der Waals surface area contributed by atoms with E-state index in [2.05, 4.69) is 37.9 Å². The van der Waals surface area contributed by atoms with Crippen LogP contribution in [0.15, 0.2) is 0 Å². The third kappa shape index (κ3) is 3.76. The van der Waals surface area contributed by atoms with Gasteiger partial charge in [0.2, 0.25) is 0 Å². The number of aromatic nitrogens is 1. The minimum Gasteiger partial charge on any atom is -0.372 e. The monoisotopic (exact) mass is 309 g/mol. The summed E-state index contributed by atoms with van der Waals surface area (Å²) < 4.78 is 5.83. The van der Waals surface area contributed by atoms with Gasteiger partial charge >= 0.3 is 0 Å². The molecule has 0 bridgehead atoms. The van der Waals surface area contributed by atoms with Crippen LogP contribution in [-0.2, 0) is 11.3 Å². The Morgan fingerprint density at radius 3 is 2.52 bits per heavy atom. The molecule has 3 rings (SSSR count). The van der Waals surface area contributed by atoms with Gasteiger partial charge in [0.25, 0.3) is 0 Å². The molecule has 2 atom stereocenters. The van der Waals surface area contributed by atoms with Gasteiger partial charge in [-0.2, -0.15) is 0 Å². The lowest BCUT2D eigenvalue weighted by Crippen LogP contribution is -2.45. The molecule has 2 fully saturated rings. The normalized spacial score (nSPS) is 26.6. The molecule has 2 aliphatic rings. The van der Waals surface area contributed by atoms with Crippen LogP contribution >= 0.6 is 11.3 Å². The van der Waals surface area contributed by atoms with Crippen molar-refractivity contribution in [3.05, 3.63) is 10.6 Å². The molecule has 0 spiro atoms. The molecule has 1 aromatic rings. The molecule has 2 heterocycles. The second-order valence-corrected chi connectivity index (χ2v) is 7.84. The molecular formula is C16H27N3OS. The minimum absolute atomic E-state index is 0.285. The lowest BCUT2D eigenvalue weighted by atomic mass is 10.1. The highest BCUT2D eigenvalue weighted by Crippen LogP contribution is 2.33. The van der Waals surface area contributed by atoms with Crippen molar-refractivity contribution in [2.75, 3.05) is 18.0 Å². The Labute approximate surface area is 131 Å². The molecule has 0 aromatic carbocycles. The number of hydrogen-bond donors (Lipinski definition) is 1. The first-order chi connectivity index (χ1) is 10.0. The molecule has 118 valence electrons. The first kappa shape index (κ1) is 15.3. The smallest absolute Gasteiger partial charge is 0.186 e. The summed E-state index contributed by atoms with van der Waals surface area (Å²) in [6, 6.07) is 0.749. The zero-order chi connectivity index (χ0) is 15.0. The Morgan fingerprint density at radius 2 is 1.95 bits per heavy atom. The van der Waals surface area contributed by atoms with Crippen molar-refractivity contribution in [3.63, 3.8) is 0 Å². The zero-order valence-electron chi connectivity index (χ0n) is 13.6. The maximum absolute atomic E-state index is 5.83. The van der Waals surface area contributed by atoms with Crippen LogP contribution in [0.4, 0.5) is 5.13 Å². The Bertz CT molecular complexity index is 474. The van der Waals surface area contributed by atoms with Gasteiger partial charge in [-0.05, 0) is 32.6 Å². The van der Waals surface area contributed by atoms with E-state index in [1.54, 1.807) is 0 Å². The van der Waals surface area contributed by atoms with Gasteiger partial charge in [0.1, 0.15) is 0 Å². The van der Waals surface area contributed by atoms with Crippen LogP contribution in [0.1, 0.15) is 57.0 Å². The number of nitrogens with one attached hydrogen (secondary N) is 1. The van der Waals surface area contributed by atoms with Crippen LogP contribution < -0.4 is 10.2 Å². The van der Waals surface area contributed by atoms with Crippen LogP contribution in [0.25, 0.3) is 0 Å². The first-order valence-electron chi connectivity index (χ1n) is 8.16. The van der Waals surface area contributed by atoms with Gasteiger partial charge in [-0.3, -0.25) is 0 Å². The average Bonchev–Trinajstić information content (AvgIpc) is 3.13. The number of anilines is 1. The second-order valence-electron chi connectivity index (χ2n) is 6.78. The van der Waals surface area contributed by atoms with Crippen LogP contribution in [0.2, 0.25) is 0 Å². The molecule has 5 heteroatoms. The molecule has 0 radical (unpaired) electrons. The van der Waals surface area contributed by atoms with E-state index in [4.69, 9.17) is 9.72 Å². The molecule has 1 aromatic heterocycles. The van der Waals surface area contributed by atoms with Gasteiger partial charge in [0.15, 0.2) is 5.13 Å². The topological polar surface area (TPSA) is 37.4 Å². The third-order valence-corrected chi connectivity index (χ3v) is 5.21. The van der Waals surface area contributed by atoms with Gasteiger partial charge < -0.3 is 15.0 Å². The highest BCUT2D eigenvalue weighted by atomic mass is 32.1. The van der Waals surface area contributed by atoms with Gasteiger partial charge in [-0.15, -0.1) is 11.3 Å². The number of nitrogens with zero attached hydrogens (tertiary/aromatic N) is 2. The summed E-state index contributed by atoms with van der Waals surface area (Å²) >= 11 is 1.86. The van der Waals surface area contributed by atoms with Crippen molar-refractivity contribution in [1.82, 2.24) is 10.3 Å². The van der Waals surface area contributed by atoms with Crippen LogP contribution in [-0.4, -0.2) is 36.3 Å². The van der Waals surface area contributed by atoms with E-state index in [9.17, 15) is 0 Å². The van der Waals surface area contributed by atoms with Crippen molar-refractivity contribution in [3.8, 4) is 0 Å². The van der Waals surface area contributed by atoms with Crippen LogP contribution in [0.5, 0.6) is 0 Å². The molecule has 4 nitrogen and oxygen atoms in total. The number of ether oxygens (including phenoxy) is 1. The molecule has 1 N–H and O–H groups in total. The number of hydrogen-bond acceptors (Lipinski definition) is 5. The molecule has 1 saturated carbocycles. The fourth-order valence-corrected chi connectivity index (χ4v) is 4.11. The first-order valence-corrected chi connectivity index (χ1v) is 8.98. The summed E-state index contributed by atoms with van der Waals surface area (Å²) in [4.78, 5) is 8.76. The Hall–Kier alpha value is -0.650. The Balaban J connectivity index is 1.76.